The van der Waals surface area contributed by atoms with Crippen molar-refractivity contribution in [2.45, 2.75) is 26.1 Å². The summed E-state index contributed by atoms with van der Waals surface area (Å²) >= 11 is 3.16. The van der Waals surface area contributed by atoms with Gasteiger partial charge in [0.05, 0.1) is 12.2 Å². The van der Waals surface area contributed by atoms with Crippen LogP contribution in [-0.2, 0) is 4.74 Å². The molecule has 3 heteroatoms. The summed E-state index contributed by atoms with van der Waals surface area (Å²) in [5.74, 6) is 0. The molecule has 0 heterocycles. The van der Waals surface area contributed by atoms with Crippen LogP contribution in [0.25, 0.3) is 0 Å². The standard InChI is InChI=1S/C6H13BrO2/c1-3-9-5(2)6(8)4-7/h5-6,8H,3-4H2,1-2H3. The molecule has 0 rings (SSSR count). The van der Waals surface area contributed by atoms with Gasteiger partial charge in [0.15, 0.2) is 0 Å². The number of halogens is 1. The van der Waals surface area contributed by atoms with Crippen LogP contribution in [0, 0.1) is 0 Å². The molecule has 1 N–H and O–H groups in total. The van der Waals surface area contributed by atoms with E-state index >= 15 is 0 Å². The topological polar surface area (TPSA) is 29.5 Å². The van der Waals surface area contributed by atoms with Crippen LogP contribution in [0.15, 0.2) is 0 Å². The van der Waals surface area contributed by atoms with E-state index in [1.807, 2.05) is 13.8 Å². The Morgan fingerprint density at radius 3 is 2.56 bits per heavy atom. The molecular formula is C6H13BrO2. The van der Waals surface area contributed by atoms with Gasteiger partial charge in [-0.1, -0.05) is 15.9 Å². The van der Waals surface area contributed by atoms with Crippen LogP contribution >= 0.6 is 15.9 Å². The summed E-state index contributed by atoms with van der Waals surface area (Å²) in [6, 6.07) is 0. The van der Waals surface area contributed by atoms with Crippen LogP contribution in [-0.4, -0.2) is 29.3 Å². The average molecular weight is 197 g/mol. The predicted molar refractivity (Wildman–Crippen MR) is 40.9 cm³/mol. The van der Waals surface area contributed by atoms with Crippen molar-refractivity contribution in [1.82, 2.24) is 0 Å². The van der Waals surface area contributed by atoms with E-state index in [1.165, 1.54) is 0 Å². The molecule has 0 amide bonds. The van der Waals surface area contributed by atoms with Crippen LogP contribution in [0.4, 0.5) is 0 Å². The van der Waals surface area contributed by atoms with Crippen LogP contribution in [0.2, 0.25) is 0 Å². The fraction of sp³-hybridized carbons (Fsp3) is 1.00. The Labute approximate surface area is 64.3 Å². The number of ether oxygens (including phenoxy) is 1. The van der Waals surface area contributed by atoms with Gasteiger partial charge in [0.25, 0.3) is 0 Å². The molecule has 0 aliphatic heterocycles. The minimum Gasteiger partial charge on any atom is -0.390 e. The van der Waals surface area contributed by atoms with Gasteiger partial charge in [0, 0.05) is 11.9 Å². The van der Waals surface area contributed by atoms with Gasteiger partial charge < -0.3 is 9.84 Å². The molecular weight excluding hydrogens is 184 g/mol. The molecule has 0 fully saturated rings. The van der Waals surface area contributed by atoms with Crippen LogP contribution in [0.5, 0.6) is 0 Å². The molecule has 0 spiro atoms. The van der Waals surface area contributed by atoms with Gasteiger partial charge in [0.2, 0.25) is 0 Å². The summed E-state index contributed by atoms with van der Waals surface area (Å²) in [4.78, 5) is 0. The second-order valence-corrected chi connectivity index (χ2v) is 2.53. The van der Waals surface area contributed by atoms with Crippen molar-refractivity contribution in [1.29, 1.82) is 0 Å². The number of aliphatic hydroxyl groups is 1. The second-order valence-electron chi connectivity index (χ2n) is 1.88. The molecule has 0 saturated carbocycles. The highest BCUT2D eigenvalue weighted by Gasteiger charge is 2.10. The summed E-state index contributed by atoms with van der Waals surface area (Å²) < 4.78 is 5.11. The first kappa shape index (κ1) is 9.40. The van der Waals surface area contributed by atoms with Gasteiger partial charge in [-0.2, -0.15) is 0 Å². The summed E-state index contributed by atoms with van der Waals surface area (Å²) in [7, 11) is 0. The maximum atomic E-state index is 9.09. The molecule has 2 nitrogen and oxygen atoms in total. The maximum Gasteiger partial charge on any atom is 0.0895 e. The maximum absolute atomic E-state index is 9.09. The van der Waals surface area contributed by atoms with E-state index < -0.39 is 0 Å². The third-order valence-electron chi connectivity index (χ3n) is 1.13. The van der Waals surface area contributed by atoms with Crippen LogP contribution in [0.3, 0.4) is 0 Å². The van der Waals surface area contributed by atoms with E-state index in [2.05, 4.69) is 15.9 Å². The van der Waals surface area contributed by atoms with E-state index in [0.29, 0.717) is 11.9 Å². The van der Waals surface area contributed by atoms with Crippen molar-refractivity contribution in [2.75, 3.05) is 11.9 Å². The van der Waals surface area contributed by atoms with Crippen molar-refractivity contribution >= 4 is 15.9 Å². The first-order valence-electron chi connectivity index (χ1n) is 3.08. The average Bonchev–Trinajstić information content (AvgIpc) is 1.87. The zero-order valence-electron chi connectivity index (χ0n) is 5.80. The SMILES string of the molecule is CCOC(C)C(O)CBr. The van der Waals surface area contributed by atoms with Gasteiger partial charge in [-0.15, -0.1) is 0 Å². The third kappa shape index (κ3) is 3.89. The van der Waals surface area contributed by atoms with E-state index in [-0.39, 0.29) is 12.2 Å². The van der Waals surface area contributed by atoms with E-state index in [0.717, 1.165) is 0 Å². The molecule has 0 bridgehead atoms. The molecule has 0 aliphatic carbocycles. The smallest absolute Gasteiger partial charge is 0.0895 e. The lowest BCUT2D eigenvalue weighted by molar-refractivity contribution is -0.00984. The van der Waals surface area contributed by atoms with Crippen molar-refractivity contribution in [3.05, 3.63) is 0 Å². The zero-order valence-corrected chi connectivity index (χ0v) is 7.39. The largest absolute Gasteiger partial charge is 0.390 e. The highest BCUT2D eigenvalue weighted by Crippen LogP contribution is 2.00. The monoisotopic (exact) mass is 196 g/mol. The number of aliphatic hydroxyl groups excluding tert-OH is 1. The molecule has 0 aromatic heterocycles. The van der Waals surface area contributed by atoms with E-state index in [4.69, 9.17) is 9.84 Å². The van der Waals surface area contributed by atoms with Gasteiger partial charge >= 0.3 is 0 Å². The first-order chi connectivity index (χ1) is 4.22. The Morgan fingerprint density at radius 1 is 1.67 bits per heavy atom. The Kier molecular flexibility index (Phi) is 5.44. The van der Waals surface area contributed by atoms with Crippen molar-refractivity contribution < 1.29 is 9.84 Å². The van der Waals surface area contributed by atoms with E-state index in [9.17, 15) is 0 Å². The van der Waals surface area contributed by atoms with Gasteiger partial charge in [-0.25, -0.2) is 0 Å². The summed E-state index contributed by atoms with van der Waals surface area (Å²) in [6.07, 6.45) is -0.445. The normalized spacial score (nSPS) is 17.3. The summed E-state index contributed by atoms with van der Waals surface area (Å²) in [5, 5.41) is 9.66. The third-order valence-corrected chi connectivity index (χ3v) is 1.79. The summed E-state index contributed by atoms with van der Waals surface area (Å²) in [5.41, 5.74) is 0. The summed E-state index contributed by atoms with van der Waals surface area (Å²) in [6.45, 7) is 4.43. The first-order valence-corrected chi connectivity index (χ1v) is 4.20. The fourth-order valence-electron chi connectivity index (χ4n) is 0.499. The molecule has 9 heavy (non-hydrogen) atoms. The molecule has 2 atom stereocenters. The minimum atomic E-state index is -0.384. The molecule has 2 unspecified atom stereocenters. The highest BCUT2D eigenvalue weighted by atomic mass is 79.9. The lowest BCUT2D eigenvalue weighted by atomic mass is 10.3. The fourth-order valence-corrected chi connectivity index (χ4v) is 1.03. The molecule has 0 aliphatic rings. The Balaban J connectivity index is 3.32. The number of alkyl halides is 1. The predicted octanol–water partition coefficient (Wildman–Crippen LogP) is 1.17. The highest BCUT2D eigenvalue weighted by molar-refractivity contribution is 9.09. The lowest BCUT2D eigenvalue weighted by Gasteiger charge is -2.15. The number of hydrogen-bond acceptors (Lipinski definition) is 2. The van der Waals surface area contributed by atoms with Crippen molar-refractivity contribution in [3.8, 4) is 0 Å². The minimum absolute atomic E-state index is 0.0608. The second kappa shape index (κ2) is 5.21. The number of rotatable bonds is 4. The van der Waals surface area contributed by atoms with Crippen molar-refractivity contribution in [2.24, 2.45) is 0 Å². The Morgan fingerprint density at radius 2 is 2.22 bits per heavy atom. The van der Waals surface area contributed by atoms with Gasteiger partial charge in [0.1, 0.15) is 0 Å². The zero-order chi connectivity index (χ0) is 7.28. The Hall–Kier alpha value is 0.400. The quantitative estimate of drug-likeness (QED) is 0.685. The van der Waals surface area contributed by atoms with Gasteiger partial charge in [-0.05, 0) is 13.8 Å². The Bertz CT molecular complexity index is 68.1. The van der Waals surface area contributed by atoms with Gasteiger partial charge in [-0.3, -0.25) is 0 Å². The van der Waals surface area contributed by atoms with Crippen LogP contribution < -0.4 is 0 Å². The lowest BCUT2D eigenvalue weighted by Crippen LogP contribution is -2.27. The number of hydrogen-bond donors (Lipinski definition) is 1. The molecule has 56 valence electrons. The van der Waals surface area contributed by atoms with Crippen molar-refractivity contribution in [3.63, 3.8) is 0 Å². The molecule has 0 radical (unpaired) electrons. The van der Waals surface area contributed by atoms with E-state index in [1.54, 1.807) is 0 Å². The molecule has 0 aromatic carbocycles. The molecule has 0 saturated heterocycles. The van der Waals surface area contributed by atoms with Crippen LogP contribution in [0.1, 0.15) is 13.8 Å². The molecule has 0 aromatic rings.